The third-order valence-electron chi connectivity index (χ3n) is 2.67. The first-order valence-electron chi connectivity index (χ1n) is 5.22. The van der Waals surface area contributed by atoms with Gasteiger partial charge in [-0.25, -0.2) is 0 Å². The number of nitrogens with zero attached hydrogens (tertiary/aromatic N) is 2. The molecule has 2 rings (SSSR count). The molecule has 0 radical (unpaired) electrons. The third-order valence-corrected chi connectivity index (χ3v) is 2.67. The number of hydrogen-bond acceptors (Lipinski definition) is 3. The monoisotopic (exact) mass is 277 g/mol. The normalized spacial score (nSPS) is 18.9. The summed E-state index contributed by atoms with van der Waals surface area (Å²) in [6.45, 7) is 1.48. The van der Waals surface area contributed by atoms with Crippen LogP contribution in [0.1, 0.15) is 23.2 Å². The number of aromatic nitrogens is 1. The summed E-state index contributed by atoms with van der Waals surface area (Å²) >= 11 is 0. The second-order valence-electron chi connectivity index (χ2n) is 3.89. The molecule has 1 unspecified atom stereocenters. The van der Waals surface area contributed by atoms with E-state index in [1.54, 1.807) is 24.5 Å². The van der Waals surface area contributed by atoms with E-state index >= 15 is 0 Å². The lowest BCUT2D eigenvalue weighted by Gasteiger charge is -2.30. The van der Waals surface area contributed by atoms with Crippen LogP contribution >= 0.6 is 24.8 Å². The molecule has 0 aromatic carbocycles. The van der Waals surface area contributed by atoms with E-state index in [0.29, 0.717) is 12.1 Å². The highest BCUT2D eigenvalue weighted by Crippen LogP contribution is 2.11. The minimum atomic E-state index is 0. The van der Waals surface area contributed by atoms with Crippen LogP contribution in [0.25, 0.3) is 0 Å². The van der Waals surface area contributed by atoms with Crippen molar-refractivity contribution in [2.75, 3.05) is 13.1 Å². The van der Waals surface area contributed by atoms with Crippen molar-refractivity contribution < 1.29 is 4.79 Å². The molecule has 1 aliphatic heterocycles. The summed E-state index contributed by atoms with van der Waals surface area (Å²) in [4.78, 5) is 17.7. The molecule has 0 aliphatic carbocycles. The van der Waals surface area contributed by atoms with Crippen LogP contribution in [0.5, 0.6) is 0 Å². The van der Waals surface area contributed by atoms with Crippen LogP contribution in [-0.4, -0.2) is 34.9 Å². The molecule has 0 bridgehead atoms. The third kappa shape index (κ3) is 4.15. The predicted octanol–water partition coefficient (Wildman–Crippen LogP) is 1.49. The second-order valence-corrected chi connectivity index (χ2v) is 3.89. The maximum absolute atomic E-state index is 12.0. The minimum absolute atomic E-state index is 0. The number of carbonyl (C=O) groups excluding carboxylic acids is 1. The van der Waals surface area contributed by atoms with E-state index in [9.17, 15) is 4.79 Å². The van der Waals surface area contributed by atoms with E-state index in [1.807, 2.05) is 4.90 Å². The maximum Gasteiger partial charge on any atom is 0.254 e. The molecular weight excluding hydrogens is 261 g/mol. The molecule has 1 saturated heterocycles. The number of halogens is 2. The Kier molecular flexibility index (Phi) is 7.11. The van der Waals surface area contributed by atoms with Gasteiger partial charge in [-0.05, 0) is 25.0 Å². The van der Waals surface area contributed by atoms with Crippen LogP contribution in [0.3, 0.4) is 0 Å². The van der Waals surface area contributed by atoms with Crippen LogP contribution in [0.4, 0.5) is 0 Å². The summed E-state index contributed by atoms with van der Waals surface area (Å²) in [6.07, 6.45) is 5.28. The van der Waals surface area contributed by atoms with Crippen molar-refractivity contribution in [3.63, 3.8) is 0 Å². The molecule has 2 heterocycles. The fourth-order valence-electron chi connectivity index (χ4n) is 1.87. The first-order chi connectivity index (χ1) is 7.27. The van der Waals surface area contributed by atoms with Gasteiger partial charge in [-0.1, -0.05) is 0 Å². The zero-order chi connectivity index (χ0) is 10.7. The number of piperidine rings is 1. The lowest BCUT2D eigenvalue weighted by molar-refractivity contribution is 0.0708. The van der Waals surface area contributed by atoms with Crippen LogP contribution < -0.4 is 5.73 Å². The van der Waals surface area contributed by atoms with Gasteiger partial charge < -0.3 is 10.6 Å². The molecule has 96 valence electrons. The van der Waals surface area contributed by atoms with Crippen LogP contribution in [0, 0.1) is 0 Å². The molecule has 0 spiro atoms. The number of likely N-dealkylation sites (tertiary alicyclic amines) is 1. The number of amides is 1. The van der Waals surface area contributed by atoms with Crippen molar-refractivity contribution in [1.29, 1.82) is 0 Å². The van der Waals surface area contributed by atoms with Crippen molar-refractivity contribution in [2.24, 2.45) is 5.73 Å². The summed E-state index contributed by atoms with van der Waals surface area (Å²) in [5, 5.41) is 0. The first-order valence-corrected chi connectivity index (χ1v) is 5.22. The smallest absolute Gasteiger partial charge is 0.254 e. The van der Waals surface area contributed by atoms with Crippen LogP contribution in [0.15, 0.2) is 24.5 Å². The Morgan fingerprint density at radius 1 is 1.35 bits per heavy atom. The molecule has 1 aromatic rings. The van der Waals surface area contributed by atoms with Gasteiger partial charge in [0.25, 0.3) is 5.91 Å². The zero-order valence-corrected chi connectivity index (χ0v) is 11.0. The zero-order valence-electron chi connectivity index (χ0n) is 9.41. The first kappa shape index (κ1) is 16.2. The average molecular weight is 278 g/mol. The SMILES string of the molecule is Cl.Cl.NC1CCCN(C(=O)c2ccncc2)C1. The molecule has 1 aliphatic rings. The van der Waals surface area contributed by atoms with Crippen molar-refractivity contribution in [1.82, 2.24) is 9.88 Å². The summed E-state index contributed by atoms with van der Waals surface area (Å²) in [5.74, 6) is 0.0625. The van der Waals surface area contributed by atoms with Gasteiger partial charge in [0, 0.05) is 37.1 Å². The molecule has 17 heavy (non-hydrogen) atoms. The number of rotatable bonds is 1. The second kappa shape index (κ2) is 7.48. The standard InChI is InChI=1S/C11H15N3O.2ClH/c12-10-2-1-7-14(8-10)11(15)9-3-5-13-6-4-9;;/h3-6,10H,1-2,7-8,12H2;2*1H. The van der Waals surface area contributed by atoms with Crippen LogP contribution in [-0.2, 0) is 0 Å². The Bertz CT molecular complexity index is 348. The molecule has 1 fully saturated rings. The van der Waals surface area contributed by atoms with E-state index in [0.717, 1.165) is 19.4 Å². The predicted molar refractivity (Wildman–Crippen MR) is 71.8 cm³/mol. The maximum atomic E-state index is 12.0. The van der Waals surface area contributed by atoms with Gasteiger partial charge in [-0.3, -0.25) is 9.78 Å². The van der Waals surface area contributed by atoms with Gasteiger partial charge in [-0.2, -0.15) is 0 Å². The van der Waals surface area contributed by atoms with Crippen molar-refractivity contribution >= 4 is 30.7 Å². The Morgan fingerprint density at radius 2 is 2.00 bits per heavy atom. The Morgan fingerprint density at radius 3 is 2.59 bits per heavy atom. The summed E-state index contributed by atoms with van der Waals surface area (Å²) in [5.41, 5.74) is 6.53. The largest absolute Gasteiger partial charge is 0.337 e. The van der Waals surface area contributed by atoms with E-state index in [4.69, 9.17) is 5.73 Å². The fraction of sp³-hybridized carbons (Fsp3) is 0.455. The Labute approximate surface area is 113 Å². The highest BCUT2D eigenvalue weighted by atomic mass is 35.5. The molecule has 0 saturated carbocycles. The minimum Gasteiger partial charge on any atom is -0.337 e. The molecule has 4 nitrogen and oxygen atoms in total. The molecule has 1 amide bonds. The number of nitrogens with two attached hydrogens (primary N) is 1. The van der Waals surface area contributed by atoms with Gasteiger partial charge in [0.15, 0.2) is 0 Å². The van der Waals surface area contributed by atoms with Gasteiger partial charge in [-0.15, -0.1) is 24.8 Å². The van der Waals surface area contributed by atoms with E-state index in [-0.39, 0.29) is 36.8 Å². The van der Waals surface area contributed by atoms with Gasteiger partial charge in [0.1, 0.15) is 0 Å². The fourth-order valence-corrected chi connectivity index (χ4v) is 1.87. The highest BCUT2D eigenvalue weighted by Gasteiger charge is 2.21. The van der Waals surface area contributed by atoms with E-state index < -0.39 is 0 Å². The van der Waals surface area contributed by atoms with E-state index in [1.165, 1.54) is 0 Å². The van der Waals surface area contributed by atoms with Crippen molar-refractivity contribution in [3.05, 3.63) is 30.1 Å². The quantitative estimate of drug-likeness (QED) is 0.846. The number of carbonyl (C=O) groups is 1. The molecular formula is C11H17Cl2N3O. The lowest BCUT2D eigenvalue weighted by Crippen LogP contribution is -2.45. The summed E-state index contributed by atoms with van der Waals surface area (Å²) in [7, 11) is 0. The Balaban J connectivity index is 0.00000128. The average Bonchev–Trinajstić information content (AvgIpc) is 2.29. The topological polar surface area (TPSA) is 59.2 Å². The highest BCUT2D eigenvalue weighted by molar-refractivity contribution is 5.94. The number of hydrogen-bond donors (Lipinski definition) is 1. The van der Waals surface area contributed by atoms with Gasteiger partial charge in [0.05, 0.1) is 0 Å². The Hall–Kier alpha value is -0.840. The van der Waals surface area contributed by atoms with Gasteiger partial charge >= 0.3 is 0 Å². The molecule has 1 aromatic heterocycles. The van der Waals surface area contributed by atoms with Crippen molar-refractivity contribution in [3.8, 4) is 0 Å². The molecule has 6 heteroatoms. The molecule has 1 atom stereocenters. The van der Waals surface area contributed by atoms with E-state index in [2.05, 4.69) is 4.98 Å². The molecule has 2 N–H and O–H groups in total. The summed E-state index contributed by atoms with van der Waals surface area (Å²) in [6, 6.07) is 3.61. The lowest BCUT2D eigenvalue weighted by atomic mass is 10.1. The number of pyridine rings is 1. The van der Waals surface area contributed by atoms with Crippen molar-refractivity contribution in [2.45, 2.75) is 18.9 Å². The van der Waals surface area contributed by atoms with Gasteiger partial charge in [0.2, 0.25) is 0 Å². The van der Waals surface area contributed by atoms with Crippen LogP contribution in [0.2, 0.25) is 0 Å². The summed E-state index contributed by atoms with van der Waals surface area (Å²) < 4.78 is 0.